The monoisotopic (exact) mass is 360 g/mol. The maximum Gasteiger partial charge on any atom is 0.219 e. The van der Waals surface area contributed by atoms with Crippen molar-refractivity contribution in [1.29, 1.82) is 0 Å². The van der Waals surface area contributed by atoms with Crippen molar-refractivity contribution >= 4 is 11.4 Å². The second-order valence-electron chi connectivity index (χ2n) is 6.80. The SMILES string of the molecule is CN(c1ccc(Oc2ccccn2)cc1)c1ccc(C2CCOCC2)cc1. The van der Waals surface area contributed by atoms with Gasteiger partial charge < -0.3 is 14.4 Å². The van der Waals surface area contributed by atoms with Crippen LogP contribution in [-0.4, -0.2) is 25.2 Å². The van der Waals surface area contributed by atoms with Crippen LogP contribution in [0.3, 0.4) is 0 Å². The minimum absolute atomic E-state index is 0.599. The van der Waals surface area contributed by atoms with Gasteiger partial charge in [-0.2, -0.15) is 0 Å². The lowest BCUT2D eigenvalue weighted by Gasteiger charge is -2.24. The minimum Gasteiger partial charge on any atom is -0.439 e. The molecule has 1 saturated heterocycles. The Labute approximate surface area is 160 Å². The summed E-state index contributed by atoms with van der Waals surface area (Å²) < 4.78 is 11.2. The van der Waals surface area contributed by atoms with Gasteiger partial charge in [0.2, 0.25) is 5.88 Å². The molecule has 2 aromatic carbocycles. The molecule has 0 spiro atoms. The third-order valence-corrected chi connectivity index (χ3v) is 5.06. The molecule has 0 bridgehead atoms. The predicted octanol–water partition coefficient (Wildman–Crippen LogP) is 5.54. The molecule has 0 radical (unpaired) electrons. The summed E-state index contributed by atoms with van der Waals surface area (Å²) in [6, 6.07) is 22.6. The van der Waals surface area contributed by atoms with E-state index in [2.05, 4.69) is 53.3 Å². The van der Waals surface area contributed by atoms with E-state index in [-0.39, 0.29) is 0 Å². The molecule has 27 heavy (non-hydrogen) atoms. The Hall–Kier alpha value is -2.85. The van der Waals surface area contributed by atoms with Crippen LogP contribution in [0.5, 0.6) is 11.6 Å². The van der Waals surface area contributed by atoms with Crippen molar-refractivity contribution in [2.75, 3.05) is 25.2 Å². The molecule has 0 atom stereocenters. The Morgan fingerprint density at radius 1 is 0.889 bits per heavy atom. The molecule has 4 rings (SSSR count). The summed E-state index contributed by atoms with van der Waals surface area (Å²) in [7, 11) is 2.08. The first-order valence-electron chi connectivity index (χ1n) is 9.40. The molecule has 4 nitrogen and oxygen atoms in total. The third-order valence-electron chi connectivity index (χ3n) is 5.06. The molecule has 1 aliphatic heterocycles. The highest BCUT2D eigenvalue weighted by Crippen LogP contribution is 2.31. The smallest absolute Gasteiger partial charge is 0.219 e. The van der Waals surface area contributed by atoms with Crippen LogP contribution < -0.4 is 9.64 Å². The van der Waals surface area contributed by atoms with Crippen molar-refractivity contribution in [1.82, 2.24) is 4.98 Å². The van der Waals surface area contributed by atoms with Gasteiger partial charge in [-0.05, 0) is 66.8 Å². The van der Waals surface area contributed by atoms with E-state index < -0.39 is 0 Å². The van der Waals surface area contributed by atoms with Crippen LogP contribution in [0.25, 0.3) is 0 Å². The molecule has 3 aromatic rings. The van der Waals surface area contributed by atoms with Crippen LogP contribution in [0, 0.1) is 0 Å². The first-order chi connectivity index (χ1) is 13.3. The Kier molecular flexibility index (Phi) is 5.35. The summed E-state index contributed by atoms with van der Waals surface area (Å²) in [4.78, 5) is 6.36. The van der Waals surface area contributed by atoms with Crippen LogP contribution in [-0.2, 0) is 4.74 Å². The topological polar surface area (TPSA) is 34.6 Å². The first-order valence-corrected chi connectivity index (χ1v) is 9.40. The number of aromatic nitrogens is 1. The van der Waals surface area contributed by atoms with Gasteiger partial charge in [0.1, 0.15) is 5.75 Å². The average molecular weight is 360 g/mol. The fourth-order valence-corrected chi connectivity index (χ4v) is 3.42. The van der Waals surface area contributed by atoms with Crippen LogP contribution in [0.1, 0.15) is 24.3 Å². The Balaban J connectivity index is 1.43. The van der Waals surface area contributed by atoms with E-state index in [9.17, 15) is 0 Å². The first kappa shape index (κ1) is 17.6. The number of nitrogens with zero attached hydrogens (tertiary/aromatic N) is 2. The van der Waals surface area contributed by atoms with Gasteiger partial charge in [-0.25, -0.2) is 4.98 Å². The molecule has 1 aromatic heterocycles. The lowest BCUT2D eigenvalue weighted by atomic mass is 9.91. The van der Waals surface area contributed by atoms with Crippen LogP contribution in [0.15, 0.2) is 72.9 Å². The second-order valence-corrected chi connectivity index (χ2v) is 6.80. The summed E-state index contributed by atoms with van der Waals surface area (Å²) in [5.41, 5.74) is 3.70. The zero-order valence-electron chi connectivity index (χ0n) is 15.5. The van der Waals surface area contributed by atoms with E-state index in [4.69, 9.17) is 9.47 Å². The zero-order valence-corrected chi connectivity index (χ0v) is 15.5. The van der Waals surface area contributed by atoms with Crippen LogP contribution >= 0.6 is 0 Å². The summed E-state index contributed by atoms with van der Waals surface area (Å²) >= 11 is 0. The van der Waals surface area contributed by atoms with Gasteiger partial charge in [-0.1, -0.05) is 18.2 Å². The number of benzene rings is 2. The molecule has 138 valence electrons. The van der Waals surface area contributed by atoms with E-state index in [1.54, 1.807) is 6.20 Å². The fraction of sp³-hybridized carbons (Fsp3) is 0.261. The van der Waals surface area contributed by atoms with Gasteiger partial charge in [0.15, 0.2) is 0 Å². The van der Waals surface area contributed by atoms with Crippen LogP contribution in [0.2, 0.25) is 0 Å². The molecule has 1 aliphatic rings. The number of pyridine rings is 1. The number of hydrogen-bond donors (Lipinski definition) is 0. The van der Waals surface area contributed by atoms with Gasteiger partial charge in [-0.15, -0.1) is 0 Å². The number of hydrogen-bond acceptors (Lipinski definition) is 4. The van der Waals surface area contributed by atoms with E-state index in [1.807, 2.05) is 30.3 Å². The number of anilines is 2. The van der Waals surface area contributed by atoms with Gasteiger partial charge in [-0.3, -0.25) is 0 Å². The summed E-state index contributed by atoms with van der Waals surface area (Å²) in [6.45, 7) is 1.75. The Morgan fingerprint density at radius 2 is 1.56 bits per heavy atom. The van der Waals surface area contributed by atoms with Crippen molar-refractivity contribution in [3.05, 3.63) is 78.5 Å². The normalized spacial score (nSPS) is 14.7. The lowest BCUT2D eigenvalue weighted by molar-refractivity contribution is 0.0853. The van der Waals surface area contributed by atoms with Crippen molar-refractivity contribution < 1.29 is 9.47 Å². The van der Waals surface area contributed by atoms with E-state index in [0.29, 0.717) is 11.8 Å². The van der Waals surface area contributed by atoms with Gasteiger partial charge in [0, 0.05) is 43.9 Å². The van der Waals surface area contributed by atoms with Crippen LogP contribution in [0.4, 0.5) is 11.4 Å². The highest BCUT2D eigenvalue weighted by atomic mass is 16.5. The van der Waals surface area contributed by atoms with Crippen molar-refractivity contribution in [3.63, 3.8) is 0 Å². The maximum atomic E-state index is 5.76. The van der Waals surface area contributed by atoms with E-state index in [1.165, 1.54) is 11.3 Å². The van der Waals surface area contributed by atoms with Gasteiger partial charge in [0.05, 0.1) is 0 Å². The van der Waals surface area contributed by atoms with Crippen molar-refractivity contribution in [2.24, 2.45) is 0 Å². The molecule has 0 aliphatic carbocycles. The molecule has 4 heteroatoms. The summed E-state index contributed by atoms with van der Waals surface area (Å²) in [6.07, 6.45) is 3.96. The number of rotatable bonds is 5. The standard InChI is InChI=1S/C23H24N2O2/c1-25(20-7-5-18(6-8-20)19-13-16-26-17-14-19)21-9-11-22(12-10-21)27-23-4-2-3-15-24-23/h2-12,15,19H,13-14,16-17H2,1H3. The van der Waals surface area contributed by atoms with Crippen molar-refractivity contribution in [2.45, 2.75) is 18.8 Å². The summed E-state index contributed by atoms with van der Waals surface area (Å²) in [5.74, 6) is 2.00. The highest BCUT2D eigenvalue weighted by molar-refractivity contribution is 5.63. The second kappa shape index (κ2) is 8.23. The largest absolute Gasteiger partial charge is 0.439 e. The molecule has 1 fully saturated rings. The summed E-state index contributed by atoms with van der Waals surface area (Å²) in [5, 5.41) is 0. The molecular weight excluding hydrogens is 336 g/mol. The maximum absolute atomic E-state index is 5.76. The predicted molar refractivity (Wildman–Crippen MR) is 108 cm³/mol. The molecule has 0 amide bonds. The minimum atomic E-state index is 0.599. The fourth-order valence-electron chi connectivity index (χ4n) is 3.42. The highest BCUT2D eigenvalue weighted by Gasteiger charge is 2.16. The van der Waals surface area contributed by atoms with Gasteiger partial charge in [0.25, 0.3) is 0 Å². The number of ether oxygens (including phenoxy) is 2. The molecular formula is C23H24N2O2. The Bertz CT molecular complexity index is 842. The molecule has 2 heterocycles. The van der Waals surface area contributed by atoms with E-state index >= 15 is 0 Å². The molecule has 0 saturated carbocycles. The van der Waals surface area contributed by atoms with Crippen molar-refractivity contribution in [3.8, 4) is 11.6 Å². The van der Waals surface area contributed by atoms with E-state index in [0.717, 1.165) is 37.5 Å². The molecule has 0 N–H and O–H groups in total. The average Bonchev–Trinajstić information content (AvgIpc) is 2.75. The Morgan fingerprint density at radius 3 is 2.19 bits per heavy atom. The molecule has 0 unspecified atom stereocenters. The van der Waals surface area contributed by atoms with Gasteiger partial charge >= 0.3 is 0 Å². The lowest BCUT2D eigenvalue weighted by Crippen LogP contribution is -2.14. The third kappa shape index (κ3) is 4.29. The quantitative estimate of drug-likeness (QED) is 0.599. The zero-order chi connectivity index (χ0) is 18.5.